The maximum Gasteiger partial charge on any atom is 0.164 e. The van der Waals surface area contributed by atoms with Crippen molar-refractivity contribution in [2.75, 3.05) is 0 Å². The van der Waals surface area contributed by atoms with Crippen molar-refractivity contribution in [2.45, 2.75) is 39.5 Å². The van der Waals surface area contributed by atoms with E-state index in [0.29, 0.717) is 29.3 Å². The van der Waals surface area contributed by atoms with E-state index in [1.165, 1.54) is 32.8 Å². The number of benzene rings is 6. The van der Waals surface area contributed by atoms with Crippen molar-refractivity contribution >= 4 is 32.7 Å². The molecule has 0 radical (unpaired) electrons. The maximum absolute atomic E-state index is 5.10. The van der Waals surface area contributed by atoms with Gasteiger partial charge in [0.15, 0.2) is 17.5 Å². The lowest BCUT2D eigenvalue weighted by molar-refractivity contribution is 0.866. The second-order valence-corrected chi connectivity index (χ2v) is 14.2. The Morgan fingerprint density at radius 3 is 1.65 bits per heavy atom. The van der Waals surface area contributed by atoms with E-state index in [4.69, 9.17) is 15.0 Å². The average Bonchev–Trinajstić information content (AvgIpc) is 3.77. The number of hydrogen-bond donors (Lipinski definition) is 0. The van der Waals surface area contributed by atoms with E-state index >= 15 is 0 Å². The molecule has 5 heteroatoms. The molecule has 0 aliphatic carbocycles. The van der Waals surface area contributed by atoms with Crippen molar-refractivity contribution < 1.29 is 0 Å². The van der Waals surface area contributed by atoms with Crippen LogP contribution < -0.4 is 0 Å². The minimum absolute atomic E-state index is 0.446. The van der Waals surface area contributed by atoms with Crippen LogP contribution in [0.2, 0.25) is 0 Å². The smallest absolute Gasteiger partial charge is 0.164 e. The zero-order valence-electron chi connectivity index (χ0n) is 29.8. The molecule has 0 fully saturated rings. The van der Waals surface area contributed by atoms with Crippen LogP contribution in [0, 0.1) is 0 Å². The molecule has 0 amide bonds. The zero-order chi connectivity index (χ0) is 35.3. The van der Waals surface area contributed by atoms with Gasteiger partial charge in [0.1, 0.15) is 0 Å². The van der Waals surface area contributed by atoms with E-state index in [2.05, 4.69) is 189 Å². The average molecular weight is 674 g/mol. The molecular formula is C47H39N5. The Kier molecular flexibility index (Phi) is 7.77. The molecule has 0 N–H and O–H groups in total. The Hall–Kier alpha value is -6.33. The van der Waals surface area contributed by atoms with Gasteiger partial charge in [0.05, 0.1) is 16.6 Å². The lowest BCUT2D eigenvalue weighted by atomic mass is 10.0. The molecule has 0 saturated carbocycles. The zero-order valence-corrected chi connectivity index (χ0v) is 29.8. The van der Waals surface area contributed by atoms with Gasteiger partial charge < -0.3 is 9.13 Å². The first kappa shape index (κ1) is 31.6. The molecule has 9 rings (SSSR count). The largest absolute Gasteiger partial charge is 0.317 e. The molecule has 0 aliphatic heterocycles. The third-order valence-corrected chi connectivity index (χ3v) is 10.2. The molecule has 0 aliphatic rings. The monoisotopic (exact) mass is 673 g/mol. The molecule has 0 saturated heterocycles. The van der Waals surface area contributed by atoms with Crippen molar-refractivity contribution in [3.8, 4) is 45.5 Å². The number of nitrogens with zero attached hydrogens (tertiary/aromatic N) is 5. The summed E-state index contributed by atoms with van der Waals surface area (Å²) in [5, 5.41) is 3.64. The number of para-hydroxylation sites is 2. The Morgan fingerprint density at radius 2 is 1.00 bits per heavy atom. The minimum atomic E-state index is 0.446. The second kappa shape index (κ2) is 12.8. The summed E-state index contributed by atoms with van der Waals surface area (Å²) in [6.07, 6.45) is 2.16. The molecule has 0 atom stereocenters. The van der Waals surface area contributed by atoms with Crippen molar-refractivity contribution in [1.29, 1.82) is 0 Å². The Balaban J connectivity index is 1.19. The number of rotatable bonds is 7. The van der Waals surface area contributed by atoms with Crippen molar-refractivity contribution in [3.05, 3.63) is 163 Å². The summed E-state index contributed by atoms with van der Waals surface area (Å²) < 4.78 is 4.62. The number of hydrogen-bond acceptors (Lipinski definition) is 3. The molecule has 52 heavy (non-hydrogen) atoms. The Bertz CT molecular complexity index is 2660. The highest BCUT2D eigenvalue weighted by molar-refractivity contribution is 6.10. The van der Waals surface area contributed by atoms with Crippen LogP contribution >= 0.6 is 0 Å². The summed E-state index contributed by atoms with van der Waals surface area (Å²) >= 11 is 0. The van der Waals surface area contributed by atoms with Gasteiger partial charge in [-0.05, 0) is 76.9 Å². The van der Waals surface area contributed by atoms with Gasteiger partial charge in [0.25, 0.3) is 0 Å². The van der Waals surface area contributed by atoms with Gasteiger partial charge in [-0.25, -0.2) is 15.0 Å². The summed E-state index contributed by atoms with van der Waals surface area (Å²) in [6.45, 7) is 8.84. The van der Waals surface area contributed by atoms with E-state index in [-0.39, 0.29) is 0 Å². The van der Waals surface area contributed by atoms with Crippen molar-refractivity contribution in [3.63, 3.8) is 0 Å². The van der Waals surface area contributed by atoms with E-state index in [1.54, 1.807) is 0 Å². The first-order valence-electron chi connectivity index (χ1n) is 18.1. The molecule has 0 unspecified atom stereocenters. The van der Waals surface area contributed by atoms with Crippen LogP contribution in [0.4, 0.5) is 0 Å². The van der Waals surface area contributed by atoms with Crippen LogP contribution in [0.25, 0.3) is 78.2 Å². The Morgan fingerprint density at radius 1 is 0.423 bits per heavy atom. The molecule has 3 aromatic heterocycles. The molecule has 6 aromatic carbocycles. The maximum atomic E-state index is 5.10. The first-order valence-corrected chi connectivity index (χ1v) is 18.1. The fourth-order valence-electron chi connectivity index (χ4n) is 7.28. The summed E-state index contributed by atoms with van der Waals surface area (Å²) in [7, 11) is 0. The molecule has 0 bridgehead atoms. The summed E-state index contributed by atoms with van der Waals surface area (Å²) in [6, 6.07) is 51.9. The highest BCUT2D eigenvalue weighted by Gasteiger charge is 2.17. The van der Waals surface area contributed by atoms with Crippen LogP contribution in [-0.4, -0.2) is 24.1 Å². The predicted molar refractivity (Wildman–Crippen MR) is 215 cm³/mol. The minimum Gasteiger partial charge on any atom is -0.317 e. The normalized spacial score (nSPS) is 11.8. The van der Waals surface area contributed by atoms with Crippen LogP contribution in [0.5, 0.6) is 0 Å². The fraction of sp³-hybridized carbons (Fsp3) is 0.128. The fourth-order valence-corrected chi connectivity index (χ4v) is 7.28. The Labute approximate surface area is 303 Å². The molecular weight excluding hydrogens is 635 g/mol. The third-order valence-electron chi connectivity index (χ3n) is 10.2. The quantitative estimate of drug-likeness (QED) is 0.169. The number of fused-ring (bicyclic) bond motifs is 4. The standard InChI is InChI=1S/C47H39N5/c1-30(2)32-16-20-35(21-17-32)45-48-46(36-22-18-33(19-23-36)31(3)4)50-47(49-45)37-11-9-12-39(28-37)52-43-15-8-6-13-40(43)41-29-38(24-25-44(41)52)51-27-26-34-10-5-7-14-42(34)51/h5-31H,1-4H3. The van der Waals surface area contributed by atoms with Gasteiger partial charge in [-0.1, -0.05) is 125 Å². The molecule has 3 heterocycles. The number of aromatic nitrogens is 5. The van der Waals surface area contributed by atoms with Crippen LogP contribution in [-0.2, 0) is 0 Å². The van der Waals surface area contributed by atoms with E-state index < -0.39 is 0 Å². The van der Waals surface area contributed by atoms with E-state index in [0.717, 1.165) is 39.1 Å². The van der Waals surface area contributed by atoms with Gasteiger partial charge in [-0.15, -0.1) is 0 Å². The SMILES string of the molecule is CC(C)c1ccc(-c2nc(-c3ccc(C(C)C)cc3)nc(-c3cccc(-n4c5ccccc5c5cc(-n6ccc7ccccc76)ccc54)c3)n2)cc1. The van der Waals surface area contributed by atoms with E-state index in [9.17, 15) is 0 Å². The first-order chi connectivity index (χ1) is 25.4. The topological polar surface area (TPSA) is 48.5 Å². The third kappa shape index (κ3) is 5.55. The van der Waals surface area contributed by atoms with E-state index in [1.807, 2.05) is 0 Å². The van der Waals surface area contributed by atoms with Gasteiger partial charge in [0, 0.05) is 45.0 Å². The van der Waals surface area contributed by atoms with Gasteiger partial charge in [-0.2, -0.15) is 0 Å². The van der Waals surface area contributed by atoms with Gasteiger partial charge >= 0.3 is 0 Å². The van der Waals surface area contributed by atoms with Crippen LogP contribution in [0.1, 0.15) is 50.7 Å². The highest BCUT2D eigenvalue weighted by Crippen LogP contribution is 2.35. The summed E-state index contributed by atoms with van der Waals surface area (Å²) in [5.41, 5.74) is 11.1. The second-order valence-electron chi connectivity index (χ2n) is 14.2. The summed E-state index contributed by atoms with van der Waals surface area (Å²) in [5.74, 6) is 2.86. The summed E-state index contributed by atoms with van der Waals surface area (Å²) in [4.78, 5) is 15.2. The highest BCUT2D eigenvalue weighted by atomic mass is 15.0. The lowest BCUT2D eigenvalue weighted by Gasteiger charge is -2.13. The molecule has 0 spiro atoms. The predicted octanol–water partition coefficient (Wildman–Crippen LogP) is 12.2. The molecule has 9 aromatic rings. The molecule has 5 nitrogen and oxygen atoms in total. The van der Waals surface area contributed by atoms with Gasteiger partial charge in [-0.3, -0.25) is 0 Å². The lowest BCUT2D eigenvalue weighted by Crippen LogP contribution is -2.01. The van der Waals surface area contributed by atoms with Gasteiger partial charge in [0.2, 0.25) is 0 Å². The van der Waals surface area contributed by atoms with Crippen molar-refractivity contribution in [2.24, 2.45) is 0 Å². The van der Waals surface area contributed by atoms with Crippen molar-refractivity contribution in [1.82, 2.24) is 24.1 Å². The van der Waals surface area contributed by atoms with Crippen LogP contribution in [0.15, 0.2) is 152 Å². The molecule has 252 valence electrons. The van der Waals surface area contributed by atoms with Crippen LogP contribution in [0.3, 0.4) is 0 Å².